The monoisotopic (exact) mass is 391 g/mol. The lowest BCUT2D eigenvalue weighted by Crippen LogP contribution is -2.33. The molecule has 0 N–H and O–H groups in total. The van der Waals surface area contributed by atoms with Crippen LogP contribution >= 0.6 is 0 Å². The van der Waals surface area contributed by atoms with Crippen LogP contribution in [0.1, 0.15) is 30.5 Å². The molecule has 0 amide bonds. The lowest BCUT2D eigenvalue weighted by atomic mass is 10.1. The molecule has 3 aromatic rings. The second-order valence-corrected chi connectivity index (χ2v) is 7.64. The molecule has 2 aliphatic heterocycles. The van der Waals surface area contributed by atoms with Gasteiger partial charge in [-0.15, -0.1) is 0 Å². The molecule has 5 rings (SSSR count). The van der Waals surface area contributed by atoms with E-state index in [1.165, 1.54) is 24.8 Å². The molecule has 0 aliphatic carbocycles. The van der Waals surface area contributed by atoms with Gasteiger partial charge >= 0.3 is 0 Å². The van der Waals surface area contributed by atoms with Crippen LogP contribution in [-0.4, -0.2) is 49.8 Å². The summed E-state index contributed by atoms with van der Waals surface area (Å²) in [5.41, 5.74) is 2.99. The number of methoxy groups -OCH3 is 1. The predicted octanol–water partition coefficient (Wildman–Crippen LogP) is 2.71. The Bertz CT molecular complexity index is 979. The van der Waals surface area contributed by atoms with Crippen LogP contribution in [0, 0.1) is 0 Å². The molecule has 0 spiro atoms. The van der Waals surface area contributed by atoms with Gasteiger partial charge in [0.1, 0.15) is 18.7 Å². The Kier molecular flexibility index (Phi) is 4.85. The Hall–Kier alpha value is -3.00. The van der Waals surface area contributed by atoms with Crippen LogP contribution in [0.5, 0.6) is 5.75 Å². The van der Waals surface area contributed by atoms with E-state index >= 15 is 0 Å². The minimum atomic E-state index is 0.606. The predicted molar refractivity (Wildman–Crippen MR) is 109 cm³/mol. The van der Waals surface area contributed by atoms with Crippen molar-refractivity contribution in [3.8, 4) is 17.3 Å². The van der Waals surface area contributed by atoms with Gasteiger partial charge in [0.15, 0.2) is 17.3 Å². The van der Waals surface area contributed by atoms with Gasteiger partial charge in [-0.1, -0.05) is 18.6 Å². The van der Waals surface area contributed by atoms with Crippen molar-refractivity contribution >= 4 is 5.82 Å². The van der Waals surface area contributed by atoms with Gasteiger partial charge in [-0.05, 0) is 43.6 Å². The number of likely N-dealkylation sites (tertiary alicyclic amines) is 1. The first-order valence-electron chi connectivity index (χ1n) is 10.1. The number of piperidine rings is 1. The van der Waals surface area contributed by atoms with E-state index < -0.39 is 0 Å². The molecule has 0 unspecified atom stereocenters. The lowest BCUT2D eigenvalue weighted by Gasteiger charge is -2.30. The molecule has 1 fully saturated rings. The van der Waals surface area contributed by atoms with E-state index in [0.717, 1.165) is 55.0 Å². The Morgan fingerprint density at radius 1 is 1.00 bits per heavy atom. The van der Waals surface area contributed by atoms with E-state index in [-0.39, 0.29) is 0 Å². The number of fused-ring (bicyclic) bond motifs is 3. The maximum Gasteiger partial charge on any atom is 0.182 e. The molecule has 0 saturated carbocycles. The zero-order valence-corrected chi connectivity index (χ0v) is 16.7. The zero-order chi connectivity index (χ0) is 19.6. The minimum Gasteiger partial charge on any atom is -0.497 e. The molecule has 4 heterocycles. The van der Waals surface area contributed by atoms with Crippen molar-refractivity contribution < 1.29 is 4.74 Å². The molecule has 2 aliphatic rings. The molecule has 0 radical (unpaired) electrons. The molecular formula is C21H25N7O. The van der Waals surface area contributed by atoms with Crippen molar-refractivity contribution in [2.24, 2.45) is 0 Å². The Morgan fingerprint density at radius 3 is 2.62 bits per heavy atom. The van der Waals surface area contributed by atoms with Gasteiger partial charge in [0.05, 0.1) is 19.0 Å². The largest absolute Gasteiger partial charge is 0.497 e. The Morgan fingerprint density at radius 2 is 1.83 bits per heavy atom. The van der Waals surface area contributed by atoms with Crippen LogP contribution in [0.4, 0.5) is 5.82 Å². The summed E-state index contributed by atoms with van der Waals surface area (Å²) >= 11 is 0. The maximum absolute atomic E-state index is 5.26. The van der Waals surface area contributed by atoms with E-state index in [1.807, 2.05) is 23.0 Å². The first-order valence-corrected chi connectivity index (χ1v) is 10.1. The van der Waals surface area contributed by atoms with E-state index in [4.69, 9.17) is 14.7 Å². The summed E-state index contributed by atoms with van der Waals surface area (Å²) in [4.78, 5) is 18.9. The van der Waals surface area contributed by atoms with Gasteiger partial charge < -0.3 is 9.64 Å². The van der Waals surface area contributed by atoms with Crippen molar-refractivity contribution in [3.05, 3.63) is 48.0 Å². The second-order valence-electron chi connectivity index (χ2n) is 7.64. The van der Waals surface area contributed by atoms with Gasteiger partial charge in [0, 0.05) is 13.1 Å². The average molecular weight is 391 g/mol. The molecular weight excluding hydrogens is 366 g/mol. The zero-order valence-electron chi connectivity index (χ0n) is 16.7. The molecule has 8 nitrogen and oxygen atoms in total. The normalized spacial score (nSPS) is 16.4. The number of nitrogens with zero attached hydrogens (tertiary/aromatic N) is 7. The number of hydrogen-bond donors (Lipinski definition) is 0. The number of benzene rings is 1. The summed E-state index contributed by atoms with van der Waals surface area (Å²) in [5, 5.41) is 4.39. The van der Waals surface area contributed by atoms with Crippen LogP contribution in [-0.2, 0) is 19.8 Å². The number of aromatic nitrogens is 5. The number of rotatable bonds is 5. The van der Waals surface area contributed by atoms with Gasteiger partial charge in [0.25, 0.3) is 0 Å². The molecule has 2 aromatic heterocycles. The third-order valence-electron chi connectivity index (χ3n) is 5.60. The summed E-state index contributed by atoms with van der Waals surface area (Å²) in [6.07, 6.45) is 7.37. The smallest absolute Gasteiger partial charge is 0.182 e. The highest BCUT2D eigenvalue weighted by Gasteiger charge is 2.27. The number of anilines is 1. The molecule has 0 atom stereocenters. The Labute approximate surface area is 170 Å². The molecule has 8 heteroatoms. The van der Waals surface area contributed by atoms with Gasteiger partial charge in [-0.2, -0.15) is 5.10 Å². The minimum absolute atomic E-state index is 0.606. The SMILES string of the molecule is COc1ccc(CN2Cn3ncnc3-c3nc(CN4CCCCC4)cnc32)cc1. The van der Waals surface area contributed by atoms with Crippen molar-refractivity contribution in [1.82, 2.24) is 29.6 Å². The van der Waals surface area contributed by atoms with E-state index in [1.54, 1.807) is 13.4 Å². The molecule has 150 valence electrons. The second kappa shape index (κ2) is 7.79. The van der Waals surface area contributed by atoms with Gasteiger partial charge in [0.2, 0.25) is 0 Å². The van der Waals surface area contributed by atoms with E-state index in [2.05, 4.69) is 32.0 Å². The third kappa shape index (κ3) is 3.67. The molecule has 1 aromatic carbocycles. The highest BCUT2D eigenvalue weighted by atomic mass is 16.5. The topological polar surface area (TPSA) is 72.2 Å². The van der Waals surface area contributed by atoms with Crippen molar-refractivity contribution in [2.45, 2.75) is 39.0 Å². The highest BCUT2D eigenvalue weighted by molar-refractivity contribution is 5.69. The van der Waals surface area contributed by atoms with E-state index in [0.29, 0.717) is 6.67 Å². The third-order valence-corrected chi connectivity index (χ3v) is 5.60. The summed E-state index contributed by atoms with van der Waals surface area (Å²) in [6.45, 7) is 4.44. The summed E-state index contributed by atoms with van der Waals surface area (Å²) in [7, 11) is 1.68. The number of hydrogen-bond acceptors (Lipinski definition) is 7. The van der Waals surface area contributed by atoms with Crippen molar-refractivity contribution in [3.63, 3.8) is 0 Å². The first kappa shape index (κ1) is 18.1. The fourth-order valence-electron chi connectivity index (χ4n) is 4.08. The van der Waals surface area contributed by atoms with Crippen molar-refractivity contribution in [1.29, 1.82) is 0 Å². The molecule has 0 bridgehead atoms. The maximum atomic E-state index is 5.26. The Balaban J connectivity index is 1.43. The first-order chi connectivity index (χ1) is 14.3. The summed E-state index contributed by atoms with van der Waals surface area (Å²) in [6, 6.07) is 8.12. The van der Waals surface area contributed by atoms with Crippen LogP contribution in [0.2, 0.25) is 0 Å². The average Bonchev–Trinajstić information content (AvgIpc) is 3.24. The van der Waals surface area contributed by atoms with E-state index in [9.17, 15) is 0 Å². The number of ether oxygens (including phenoxy) is 1. The standard InChI is InChI=1S/C21H25N7O/c1-29-18-7-5-16(6-8-18)12-27-15-28-21(23-14-24-28)19-20(27)22-11-17(25-19)13-26-9-3-2-4-10-26/h5-8,11,14H,2-4,9-10,12-13,15H2,1H3. The van der Waals surface area contributed by atoms with Crippen molar-refractivity contribution in [2.75, 3.05) is 25.1 Å². The molecule has 29 heavy (non-hydrogen) atoms. The quantitative estimate of drug-likeness (QED) is 0.662. The van der Waals surface area contributed by atoms with Crippen LogP contribution in [0.15, 0.2) is 36.8 Å². The van der Waals surface area contributed by atoms with Gasteiger partial charge in [-0.3, -0.25) is 4.90 Å². The molecule has 1 saturated heterocycles. The summed E-state index contributed by atoms with van der Waals surface area (Å²) in [5.74, 6) is 2.51. The van der Waals surface area contributed by atoms with Crippen LogP contribution in [0.25, 0.3) is 11.5 Å². The summed E-state index contributed by atoms with van der Waals surface area (Å²) < 4.78 is 7.16. The van der Waals surface area contributed by atoms with Crippen LogP contribution < -0.4 is 9.64 Å². The highest BCUT2D eigenvalue weighted by Crippen LogP contribution is 2.32. The van der Waals surface area contributed by atoms with Gasteiger partial charge in [-0.25, -0.2) is 19.6 Å². The van der Waals surface area contributed by atoms with Crippen LogP contribution in [0.3, 0.4) is 0 Å². The fourth-order valence-corrected chi connectivity index (χ4v) is 4.08. The fraction of sp³-hybridized carbons (Fsp3) is 0.429. The lowest BCUT2D eigenvalue weighted by molar-refractivity contribution is 0.218.